The molecule has 1 aromatic heterocycles. The Bertz CT molecular complexity index is 872. The second-order valence-corrected chi connectivity index (χ2v) is 4.96. The van der Waals surface area contributed by atoms with Crippen molar-refractivity contribution in [2.45, 2.75) is 6.54 Å². The van der Waals surface area contributed by atoms with Crippen molar-refractivity contribution >= 4 is 22.6 Å². The highest BCUT2D eigenvalue weighted by Crippen LogP contribution is 2.13. The molecule has 0 atom stereocenters. The number of para-hydroxylation sites is 3. The molecule has 22 heavy (non-hydrogen) atoms. The van der Waals surface area contributed by atoms with E-state index in [0.717, 1.165) is 5.69 Å². The third-order valence-electron chi connectivity index (χ3n) is 3.56. The molecule has 0 saturated carbocycles. The molecule has 1 amide bonds. The quantitative estimate of drug-likeness (QED) is 0.742. The lowest BCUT2D eigenvalue weighted by molar-refractivity contribution is -0.118. The van der Waals surface area contributed by atoms with E-state index in [1.54, 1.807) is 18.0 Å². The molecular formula is C17H15N3O2. The minimum atomic E-state index is -0.284. The first-order chi connectivity index (χ1) is 10.7. The predicted molar refractivity (Wildman–Crippen MR) is 85.9 cm³/mol. The van der Waals surface area contributed by atoms with Gasteiger partial charge in [0.05, 0.1) is 17.2 Å². The van der Waals surface area contributed by atoms with Crippen molar-refractivity contribution < 1.29 is 4.79 Å². The van der Waals surface area contributed by atoms with E-state index in [1.807, 2.05) is 48.5 Å². The van der Waals surface area contributed by atoms with Crippen molar-refractivity contribution in [3.8, 4) is 0 Å². The third kappa shape index (κ3) is 2.61. The zero-order chi connectivity index (χ0) is 15.5. The molecule has 0 bridgehead atoms. The van der Waals surface area contributed by atoms with Gasteiger partial charge in [0.2, 0.25) is 5.91 Å². The van der Waals surface area contributed by atoms with Crippen LogP contribution < -0.4 is 10.5 Å². The first-order valence-corrected chi connectivity index (χ1v) is 6.93. The summed E-state index contributed by atoms with van der Waals surface area (Å²) in [5, 5.41) is 0. The average molecular weight is 293 g/mol. The Kier molecular flexibility index (Phi) is 3.70. The van der Waals surface area contributed by atoms with Crippen LogP contribution in [0.25, 0.3) is 11.0 Å². The maximum absolute atomic E-state index is 12.5. The van der Waals surface area contributed by atoms with Gasteiger partial charge in [-0.2, -0.15) is 0 Å². The van der Waals surface area contributed by atoms with Crippen molar-refractivity contribution in [1.82, 2.24) is 9.55 Å². The Morgan fingerprint density at radius 3 is 2.55 bits per heavy atom. The summed E-state index contributed by atoms with van der Waals surface area (Å²) in [4.78, 5) is 30.1. The molecule has 0 fully saturated rings. The van der Waals surface area contributed by atoms with Crippen LogP contribution in [-0.4, -0.2) is 22.5 Å². The van der Waals surface area contributed by atoms with E-state index in [0.29, 0.717) is 11.0 Å². The molecule has 0 saturated heterocycles. The summed E-state index contributed by atoms with van der Waals surface area (Å²) in [5.74, 6) is -0.162. The highest BCUT2D eigenvalue weighted by Gasteiger charge is 2.13. The summed E-state index contributed by atoms with van der Waals surface area (Å²) >= 11 is 0. The summed E-state index contributed by atoms with van der Waals surface area (Å²) in [6, 6.07) is 16.6. The van der Waals surface area contributed by atoms with E-state index >= 15 is 0 Å². The number of anilines is 1. The molecule has 5 heteroatoms. The van der Waals surface area contributed by atoms with Crippen LogP contribution in [0.4, 0.5) is 5.69 Å². The fourth-order valence-corrected chi connectivity index (χ4v) is 2.31. The molecule has 2 aromatic carbocycles. The van der Waals surface area contributed by atoms with Gasteiger partial charge in [0.1, 0.15) is 6.54 Å². The lowest BCUT2D eigenvalue weighted by atomic mass is 10.2. The highest BCUT2D eigenvalue weighted by molar-refractivity contribution is 5.93. The van der Waals surface area contributed by atoms with Gasteiger partial charge in [-0.1, -0.05) is 30.3 Å². The van der Waals surface area contributed by atoms with Gasteiger partial charge < -0.3 is 4.90 Å². The van der Waals surface area contributed by atoms with Crippen molar-refractivity contribution in [3.05, 3.63) is 71.1 Å². The Hall–Kier alpha value is -2.95. The lowest BCUT2D eigenvalue weighted by Crippen LogP contribution is -2.34. The zero-order valence-electron chi connectivity index (χ0n) is 12.1. The molecule has 3 aromatic rings. The van der Waals surface area contributed by atoms with Gasteiger partial charge in [0.25, 0.3) is 5.56 Å². The van der Waals surface area contributed by atoms with Crippen LogP contribution in [0.5, 0.6) is 0 Å². The van der Waals surface area contributed by atoms with Gasteiger partial charge in [-0.3, -0.25) is 14.2 Å². The zero-order valence-corrected chi connectivity index (χ0v) is 12.1. The van der Waals surface area contributed by atoms with Crippen LogP contribution in [0.2, 0.25) is 0 Å². The number of carbonyl (C=O) groups excluding carboxylic acids is 1. The topological polar surface area (TPSA) is 55.2 Å². The molecule has 0 aliphatic carbocycles. The minimum absolute atomic E-state index is 0.0206. The van der Waals surface area contributed by atoms with Gasteiger partial charge in [0, 0.05) is 12.7 Å². The van der Waals surface area contributed by atoms with E-state index in [4.69, 9.17) is 0 Å². The first kappa shape index (κ1) is 14.0. The maximum atomic E-state index is 12.5. The minimum Gasteiger partial charge on any atom is -0.314 e. The van der Waals surface area contributed by atoms with E-state index in [1.165, 1.54) is 10.8 Å². The van der Waals surface area contributed by atoms with Crippen molar-refractivity contribution in [1.29, 1.82) is 0 Å². The van der Waals surface area contributed by atoms with Gasteiger partial charge in [0.15, 0.2) is 0 Å². The molecule has 0 aliphatic heterocycles. The fraction of sp³-hybridized carbons (Fsp3) is 0.118. The number of amides is 1. The summed E-state index contributed by atoms with van der Waals surface area (Å²) in [5.41, 5.74) is 1.86. The van der Waals surface area contributed by atoms with Crippen LogP contribution in [0, 0.1) is 0 Å². The lowest BCUT2D eigenvalue weighted by Gasteiger charge is -2.18. The number of likely N-dealkylation sites (N-methyl/N-ethyl adjacent to an activating group) is 1. The van der Waals surface area contributed by atoms with Crippen LogP contribution in [0.3, 0.4) is 0 Å². The number of benzene rings is 2. The Balaban J connectivity index is 1.95. The standard InChI is InChI=1S/C17H15N3O2/c1-19(13-7-3-2-4-8-13)17(22)12-20-15-10-6-5-9-14(15)18-11-16(20)21/h2-11H,12H2,1H3. The molecule has 0 N–H and O–H groups in total. The van der Waals surface area contributed by atoms with Crippen LogP contribution in [0.1, 0.15) is 0 Å². The summed E-state index contributed by atoms with van der Waals surface area (Å²) in [6.07, 6.45) is 1.25. The molecule has 110 valence electrons. The van der Waals surface area contributed by atoms with E-state index < -0.39 is 0 Å². The molecule has 1 heterocycles. The van der Waals surface area contributed by atoms with E-state index in [9.17, 15) is 9.59 Å². The van der Waals surface area contributed by atoms with E-state index in [-0.39, 0.29) is 18.0 Å². The second-order valence-electron chi connectivity index (χ2n) is 4.96. The summed E-state index contributed by atoms with van der Waals surface area (Å²) in [7, 11) is 1.70. The third-order valence-corrected chi connectivity index (χ3v) is 3.56. The Morgan fingerprint density at radius 1 is 1.09 bits per heavy atom. The largest absolute Gasteiger partial charge is 0.314 e. The SMILES string of the molecule is CN(C(=O)Cn1c(=O)cnc2ccccc21)c1ccccc1. The summed E-state index contributed by atoms with van der Waals surface area (Å²) in [6.45, 7) is -0.0206. The number of hydrogen-bond acceptors (Lipinski definition) is 3. The molecule has 0 aliphatic rings. The number of aromatic nitrogens is 2. The predicted octanol–water partition coefficient (Wildman–Crippen LogP) is 2.06. The van der Waals surface area contributed by atoms with Crippen molar-refractivity contribution in [2.24, 2.45) is 0 Å². The highest BCUT2D eigenvalue weighted by atomic mass is 16.2. The number of nitrogens with zero attached hydrogens (tertiary/aromatic N) is 3. The molecule has 0 unspecified atom stereocenters. The molecule has 0 radical (unpaired) electrons. The molecule has 5 nitrogen and oxygen atoms in total. The maximum Gasteiger partial charge on any atom is 0.269 e. The fourth-order valence-electron chi connectivity index (χ4n) is 2.31. The van der Waals surface area contributed by atoms with Gasteiger partial charge in [-0.05, 0) is 24.3 Å². The van der Waals surface area contributed by atoms with Gasteiger partial charge >= 0.3 is 0 Å². The van der Waals surface area contributed by atoms with Gasteiger partial charge in [-0.25, -0.2) is 4.98 Å². The molecule has 0 spiro atoms. The average Bonchev–Trinajstić information content (AvgIpc) is 2.57. The second kappa shape index (κ2) is 5.81. The Morgan fingerprint density at radius 2 is 1.77 bits per heavy atom. The van der Waals surface area contributed by atoms with Crippen LogP contribution >= 0.6 is 0 Å². The van der Waals surface area contributed by atoms with Gasteiger partial charge in [-0.15, -0.1) is 0 Å². The van der Waals surface area contributed by atoms with Crippen molar-refractivity contribution in [2.75, 3.05) is 11.9 Å². The van der Waals surface area contributed by atoms with E-state index in [2.05, 4.69) is 4.98 Å². The number of rotatable bonds is 3. The van der Waals surface area contributed by atoms with Crippen LogP contribution in [0.15, 0.2) is 65.6 Å². The number of carbonyl (C=O) groups is 1. The first-order valence-electron chi connectivity index (χ1n) is 6.93. The number of fused-ring (bicyclic) bond motifs is 1. The monoisotopic (exact) mass is 293 g/mol. The summed E-state index contributed by atoms with van der Waals surface area (Å²) < 4.78 is 1.45. The smallest absolute Gasteiger partial charge is 0.269 e. The van der Waals surface area contributed by atoms with Crippen molar-refractivity contribution in [3.63, 3.8) is 0 Å². The normalized spacial score (nSPS) is 10.6. The Labute approximate surface area is 127 Å². The van der Waals surface area contributed by atoms with Crippen LogP contribution in [-0.2, 0) is 11.3 Å². The molecule has 3 rings (SSSR count). The molecular weight excluding hydrogens is 278 g/mol. The number of hydrogen-bond donors (Lipinski definition) is 0.